The molecule has 16 heavy (non-hydrogen) atoms. The van der Waals surface area contributed by atoms with E-state index in [-0.39, 0.29) is 6.04 Å². The van der Waals surface area contributed by atoms with Crippen LogP contribution in [0.2, 0.25) is 0 Å². The third kappa shape index (κ3) is 1.67. The molecule has 86 valence electrons. The molecule has 0 spiro atoms. The zero-order valence-electron chi connectivity index (χ0n) is 10.0. The van der Waals surface area contributed by atoms with E-state index in [0.717, 1.165) is 23.4 Å². The Morgan fingerprint density at radius 1 is 1.44 bits per heavy atom. The minimum atomic E-state index is 0.0841. The highest BCUT2D eigenvalue weighted by Crippen LogP contribution is 2.30. The highest BCUT2D eigenvalue weighted by molar-refractivity contribution is 5.86. The molecule has 3 nitrogen and oxygen atoms in total. The van der Waals surface area contributed by atoms with Gasteiger partial charge in [-0.25, -0.2) is 0 Å². The SMILES string of the molecule is CCC(N)c1c(C)[nH]c2ccc(OC)cc12. The van der Waals surface area contributed by atoms with Crippen LogP contribution in [-0.4, -0.2) is 12.1 Å². The maximum Gasteiger partial charge on any atom is 0.119 e. The molecule has 0 aliphatic rings. The van der Waals surface area contributed by atoms with E-state index in [9.17, 15) is 0 Å². The maximum absolute atomic E-state index is 6.14. The number of ether oxygens (including phenoxy) is 1. The van der Waals surface area contributed by atoms with Crippen LogP contribution in [0.15, 0.2) is 18.2 Å². The molecule has 0 saturated carbocycles. The van der Waals surface area contributed by atoms with Gasteiger partial charge in [0.05, 0.1) is 7.11 Å². The number of aromatic amines is 1. The fourth-order valence-electron chi connectivity index (χ4n) is 2.14. The van der Waals surface area contributed by atoms with E-state index in [0.29, 0.717) is 0 Å². The summed E-state index contributed by atoms with van der Waals surface area (Å²) in [6, 6.07) is 6.12. The third-order valence-electron chi connectivity index (χ3n) is 3.05. The van der Waals surface area contributed by atoms with E-state index < -0.39 is 0 Å². The molecule has 2 rings (SSSR count). The zero-order chi connectivity index (χ0) is 11.7. The number of nitrogens with one attached hydrogen (secondary N) is 1. The van der Waals surface area contributed by atoms with E-state index in [1.54, 1.807) is 7.11 Å². The predicted molar refractivity (Wildman–Crippen MR) is 66.8 cm³/mol. The Morgan fingerprint density at radius 2 is 2.19 bits per heavy atom. The Bertz CT molecular complexity index is 502. The molecule has 1 atom stereocenters. The summed E-state index contributed by atoms with van der Waals surface area (Å²) < 4.78 is 5.25. The molecule has 0 saturated heterocycles. The van der Waals surface area contributed by atoms with Gasteiger partial charge in [0.25, 0.3) is 0 Å². The molecular formula is C13H18N2O. The molecule has 0 fully saturated rings. The molecule has 1 unspecified atom stereocenters. The van der Waals surface area contributed by atoms with E-state index in [4.69, 9.17) is 10.5 Å². The number of rotatable bonds is 3. The number of aryl methyl sites for hydroxylation is 1. The van der Waals surface area contributed by atoms with Gasteiger partial charge in [-0.2, -0.15) is 0 Å². The highest BCUT2D eigenvalue weighted by atomic mass is 16.5. The number of aromatic nitrogens is 1. The Morgan fingerprint density at radius 3 is 2.81 bits per heavy atom. The van der Waals surface area contributed by atoms with Crippen LogP contribution in [0.4, 0.5) is 0 Å². The lowest BCUT2D eigenvalue weighted by Gasteiger charge is -2.09. The minimum absolute atomic E-state index is 0.0841. The average Bonchev–Trinajstić information content (AvgIpc) is 2.63. The van der Waals surface area contributed by atoms with Crippen molar-refractivity contribution in [3.05, 3.63) is 29.5 Å². The van der Waals surface area contributed by atoms with Crippen molar-refractivity contribution < 1.29 is 4.74 Å². The number of nitrogens with two attached hydrogens (primary N) is 1. The van der Waals surface area contributed by atoms with Crippen molar-refractivity contribution in [2.24, 2.45) is 5.73 Å². The van der Waals surface area contributed by atoms with Gasteiger partial charge in [0.15, 0.2) is 0 Å². The lowest BCUT2D eigenvalue weighted by Crippen LogP contribution is -2.09. The summed E-state index contributed by atoms with van der Waals surface area (Å²) >= 11 is 0. The first-order chi connectivity index (χ1) is 7.67. The maximum atomic E-state index is 6.14. The Hall–Kier alpha value is -1.48. The first-order valence-corrected chi connectivity index (χ1v) is 5.59. The van der Waals surface area contributed by atoms with Gasteiger partial charge in [0.2, 0.25) is 0 Å². The highest BCUT2D eigenvalue weighted by Gasteiger charge is 2.14. The smallest absolute Gasteiger partial charge is 0.119 e. The molecule has 0 bridgehead atoms. The molecule has 1 aromatic carbocycles. The summed E-state index contributed by atoms with van der Waals surface area (Å²) in [5, 5.41) is 1.17. The molecular weight excluding hydrogens is 200 g/mol. The summed E-state index contributed by atoms with van der Waals surface area (Å²) in [5.74, 6) is 0.871. The number of H-pyrrole nitrogens is 1. The topological polar surface area (TPSA) is 51.0 Å². The Labute approximate surface area is 95.6 Å². The summed E-state index contributed by atoms with van der Waals surface area (Å²) in [7, 11) is 1.68. The van der Waals surface area contributed by atoms with Gasteiger partial charge in [0, 0.05) is 22.6 Å². The van der Waals surface area contributed by atoms with E-state index in [2.05, 4.69) is 18.8 Å². The normalized spacial score (nSPS) is 13.0. The zero-order valence-corrected chi connectivity index (χ0v) is 10.0. The summed E-state index contributed by atoms with van der Waals surface area (Å²) in [6.07, 6.45) is 0.936. The van der Waals surface area contributed by atoms with Crippen molar-refractivity contribution in [1.29, 1.82) is 0 Å². The van der Waals surface area contributed by atoms with Crippen LogP contribution < -0.4 is 10.5 Å². The molecule has 2 aromatic rings. The molecule has 1 aromatic heterocycles. The van der Waals surface area contributed by atoms with Gasteiger partial charge in [-0.05, 0) is 37.1 Å². The summed E-state index contributed by atoms with van der Waals surface area (Å²) in [5.41, 5.74) is 9.61. The molecule has 0 aliphatic heterocycles. The van der Waals surface area contributed by atoms with Crippen molar-refractivity contribution in [2.75, 3.05) is 7.11 Å². The van der Waals surface area contributed by atoms with Crippen molar-refractivity contribution in [3.8, 4) is 5.75 Å². The fraction of sp³-hybridized carbons (Fsp3) is 0.385. The Balaban J connectivity index is 2.65. The number of hydrogen-bond acceptors (Lipinski definition) is 2. The van der Waals surface area contributed by atoms with Crippen molar-refractivity contribution in [2.45, 2.75) is 26.3 Å². The molecule has 3 N–H and O–H groups in total. The summed E-state index contributed by atoms with van der Waals surface area (Å²) in [6.45, 7) is 4.17. The number of benzene rings is 1. The van der Waals surface area contributed by atoms with E-state index in [1.807, 2.05) is 18.2 Å². The lowest BCUT2D eigenvalue weighted by molar-refractivity contribution is 0.415. The van der Waals surface area contributed by atoms with E-state index >= 15 is 0 Å². The molecule has 0 amide bonds. The van der Waals surface area contributed by atoms with Crippen molar-refractivity contribution in [1.82, 2.24) is 4.98 Å². The second-order valence-electron chi connectivity index (χ2n) is 4.09. The third-order valence-corrected chi connectivity index (χ3v) is 3.05. The monoisotopic (exact) mass is 218 g/mol. The number of methoxy groups -OCH3 is 1. The van der Waals surface area contributed by atoms with Gasteiger partial charge < -0.3 is 15.5 Å². The van der Waals surface area contributed by atoms with Crippen LogP contribution in [0, 0.1) is 6.92 Å². The van der Waals surface area contributed by atoms with Crippen molar-refractivity contribution >= 4 is 10.9 Å². The van der Waals surface area contributed by atoms with Gasteiger partial charge in [-0.15, -0.1) is 0 Å². The first kappa shape index (κ1) is 11.0. The van der Waals surface area contributed by atoms with Crippen LogP contribution in [-0.2, 0) is 0 Å². The van der Waals surface area contributed by atoms with Crippen LogP contribution >= 0.6 is 0 Å². The van der Waals surface area contributed by atoms with Gasteiger partial charge in [-0.3, -0.25) is 0 Å². The molecule has 1 heterocycles. The quantitative estimate of drug-likeness (QED) is 0.832. The first-order valence-electron chi connectivity index (χ1n) is 5.59. The molecule has 3 heteroatoms. The number of hydrogen-bond donors (Lipinski definition) is 2. The van der Waals surface area contributed by atoms with Gasteiger partial charge in [-0.1, -0.05) is 6.92 Å². The summed E-state index contributed by atoms with van der Waals surface area (Å²) in [4.78, 5) is 3.36. The second-order valence-corrected chi connectivity index (χ2v) is 4.09. The second kappa shape index (κ2) is 4.18. The van der Waals surface area contributed by atoms with Gasteiger partial charge >= 0.3 is 0 Å². The van der Waals surface area contributed by atoms with Crippen LogP contribution in [0.5, 0.6) is 5.75 Å². The largest absolute Gasteiger partial charge is 0.497 e. The Kier molecular flexibility index (Phi) is 2.88. The molecule has 0 aliphatic carbocycles. The molecule has 0 radical (unpaired) electrons. The minimum Gasteiger partial charge on any atom is -0.497 e. The predicted octanol–water partition coefficient (Wildman–Crippen LogP) is 2.89. The lowest BCUT2D eigenvalue weighted by atomic mass is 10.0. The van der Waals surface area contributed by atoms with Gasteiger partial charge in [0.1, 0.15) is 5.75 Å². The van der Waals surface area contributed by atoms with Crippen LogP contribution in [0.25, 0.3) is 10.9 Å². The van der Waals surface area contributed by atoms with Crippen molar-refractivity contribution in [3.63, 3.8) is 0 Å². The van der Waals surface area contributed by atoms with Crippen LogP contribution in [0.1, 0.15) is 30.6 Å². The average molecular weight is 218 g/mol. The van der Waals surface area contributed by atoms with Crippen LogP contribution in [0.3, 0.4) is 0 Å². The fourth-order valence-corrected chi connectivity index (χ4v) is 2.14. The standard InChI is InChI=1S/C13H18N2O/c1-4-11(14)13-8(2)15-12-6-5-9(16-3)7-10(12)13/h5-7,11,15H,4,14H2,1-3H3. The number of fused-ring (bicyclic) bond motifs is 1. The van der Waals surface area contributed by atoms with E-state index in [1.165, 1.54) is 10.9 Å².